The number of nitrogen functional groups attached to an aromatic ring is 1. The van der Waals surface area contributed by atoms with E-state index in [0.717, 1.165) is 60.2 Å². The number of rotatable bonds is 30. The van der Waals surface area contributed by atoms with Crippen LogP contribution in [-0.4, -0.2) is 172 Å². The summed E-state index contributed by atoms with van der Waals surface area (Å²) in [7, 11) is -12.6. The summed E-state index contributed by atoms with van der Waals surface area (Å²) in [5.74, 6) is -9.49. The van der Waals surface area contributed by atoms with E-state index in [1.54, 1.807) is 123 Å². The lowest BCUT2D eigenvalue weighted by molar-refractivity contribution is -0.155. The van der Waals surface area contributed by atoms with Gasteiger partial charge in [-0.1, -0.05) is 72.8 Å². The zero-order chi connectivity index (χ0) is 95.7. The van der Waals surface area contributed by atoms with Crippen molar-refractivity contribution < 1.29 is 114 Å². The number of carbonyl (C=O) groups excluding carboxylic acids is 4. The molecule has 39 nitrogen and oxygen atoms in total. The topological polar surface area (TPSA) is 708 Å². The van der Waals surface area contributed by atoms with E-state index >= 15 is 0 Å². The van der Waals surface area contributed by atoms with Crippen LogP contribution in [0, 0.1) is 16.2 Å². The second kappa shape index (κ2) is 41.9. The molecule has 134 heavy (non-hydrogen) atoms. The number of ether oxygens (including phenoxy) is 2. The van der Waals surface area contributed by atoms with Crippen molar-refractivity contribution in [3.05, 3.63) is 251 Å². The number of amides is 2. The minimum Gasteiger partial charge on any atom is -0.507 e. The molecule has 0 spiro atoms. The van der Waals surface area contributed by atoms with Gasteiger partial charge in [0.15, 0.2) is 0 Å². The highest BCUT2D eigenvalue weighted by Crippen LogP contribution is 2.47. The predicted molar refractivity (Wildman–Crippen MR) is 495 cm³/mol. The van der Waals surface area contributed by atoms with Gasteiger partial charge < -0.3 is 97.6 Å². The summed E-state index contributed by atoms with van der Waals surface area (Å²) in [5.41, 5.74) is 12.9. The number of phenols is 6. The van der Waals surface area contributed by atoms with Gasteiger partial charge in [-0.25, -0.2) is 65.2 Å². The molecule has 0 saturated carbocycles. The number of carboxylic acids is 3. The quantitative estimate of drug-likeness (QED) is 0.0113. The van der Waals surface area contributed by atoms with Crippen LogP contribution in [0.4, 0.5) is 0 Å². The molecule has 0 saturated heterocycles. The summed E-state index contributed by atoms with van der Waals surface area (Å²) in [5, 5.41) is 137. The molecule has 694 valence electrons. The van der Waals surface area contributed by atoms with Gasteiger partial charge in [0.2, 0.25) is 41.9 Å². The summed E-state index contributed by atoms with van der Waals surface area (Å²) in [6.07, 6.45) is -2.73. The van der Waals surface area contributed by atoms with Crippen molar-refractivity contribution in [3.63, 3.8) is 0 Å². The zero-order valence-corrected chi connectivity index (χ0v) is 74.2. The number of phenolic OH excluding ortho intramolecular Hbond substituents is 6. The number of benzene rings is 11. The molecule has 0 aliphatic rings. The van der Waals surface area contributed by atoms with Crippen LogP contribution < -0.4 is 31.8 Å². The molecule has 44 heteroatoms. The first kappa shape index (κ1) is 100. The predicted octanol–water partition coefficient (Wildman–Crippen LogP) is 9.89. The minimum absolute atomic E-state index is 0. The van der Waals surface area contributed by atoms with Gasteiger partial charge in [-0.3, -0.25) is 29.4 Å². The number of nitrogens with two attached hydrogens (primary N) is 4. The highest BCUT2D eigenvalue weighted by Gasteiger charge is 2.31. The van der Waals surface area contributed by atoms with Crippen LogP contribution in [0.25, 0.3) is 101 Å². The van der Waals surface area contributed by atoms with Crippen LogP contribution in [-0.2, 0) is 106 Å². The lowest BCUT2D eigenvalue weighted by Crippen LogP contribution is -2.44. The number of carboxylic acid groups (broad SMARTS) is 3. The number of H-pyrrole nitrogens is 3. The van der Waals surface area contributed by atoms with Gasteiger partial charge in [0.1, 0.15) is 83.1 Å². The van der Waals surface area contributed by atoms with E-state index < -0.39 is 139 Å². The van der Waals surface area contributed by atoms with Crippen molar-refractivity contribution in [3.8, 4) is 102 Å². The minimum atomic E-state index is -4.23. The zero-order valence-electron chi connectivity index (χ0n) is 70.1. The summed E-state index contributed by atoms with van der Waals surface area (Å²) < 4.78 is 82.9. The molecule has 0 fully saturated rings. The van der Waals surface area contributed by atoms with E-state index in [4.69, 9.17) is 52.0 Å². The molecule has 0 bridgehead atoms. The number of hydrogen-bond acceptors (Lipinski definition) is 27. The van der Waals surface area contributed by atoms with Crippen LogP contribution in [0.1, 0.15) is 71.2 Å². The standard InChI is InChI=1S/C41H37N5O9S.C26H24N6O9S.C23H20N4O6S.2ClH/c1-24(42)28-12-14-33-34(19-28)46-40(45-33)32-17-27(16-31(39(32)50)30-20-29(56(43,52)53)13-15-36(30)47)18-37(48)44-35(41(51)55-23-26-10-6-3-7-11-26)21-38(49)54-22-25-8-4-2-5-9-25;27-24(28)12-1-3-17-18(8-12)32-25(31-17)16-6-11(7-21(34)30-19(26(38)39)10-22(35)36)5-15(23(16)37)14-9-13(42(29,40)41)2-4-20(14)33;1-11(24)13-2-4-18-19(9-13)27-23(26-18)17-7-12(8-21(29)30)6-16(22(17)31)15-10-14(34(25,32)33)3-5-20(15)28;;/h2-17,19-20,35,42,47,50H,18,21-23H2,1H3,(H,44,48)(H,45,46)(H2,43,52,53);1-6,8-9,19,33,37H,7,10H2,(H3,27,28)(H,30,34)(H,31,32)(H,35,36)(H,38,39)(H2,29,40,41);2-7,9-10,24,28,31H,8H2,1H3,(H,26,27)(H,29,30)(H2,25,32,33);2*1H/t35-;19-;;;/m11.../s1. The molecule has 2 atom stereocenters. The van der Waals surface area contributed by atoms with E-state index in [1.165, 1.54) is 36.4 Å². The fourth-order valence-corrected chi connectivity index (χ4v) is 15.3. The Morgan fingerprint density at radius 1 is 0.388 bits per heavy atom. The summed E-state index contributed by atoms with van der Waals surface area (Å²) >= 11 is 0. The number of fused-ring (bicyclic) bond motifs is 3. The number of nitrogens with one attached hydrogen (secondary N) is 8. The molecule has 0 unspecified atom stereocenters. The second-order valence-electron chi connectivity index (χ2n) is 30.0. The normalized spacial score (nSPS) is 11.7. The van der Waals surface area contributed by atoms with Crippen LogP contribution in [0.3, 0.4) is 0 Å². The third kappa shape index (κ3) is 24.6. The molecule has 0 aliphatic carbocycles. The number of esters is 2. The number of aromatic amines is 3. The lowest BCUT2D eigenvalue weighted by atomic mass is 9.95. The van der Waals surface area contributed by atoms with Crippen LogP contribution in [0.5, 0.6) is 34.5 Å². The first-order valence-electron chi connectivity index (χ1n) is 39.1. The number of sulfonamides is 3. The Morgan fingerprint density at radius 2 is 0.716 bits per heavy atom. The molecular formula is C90H83Cl2N15O24S3. The van der Waals surface area contributed by atoms with E-state index in [2.05, 4.69) is 40.5 Å². The maximum absolute atomic E-state index is 13.7. The van der Waals surface area contributed by atoms with Gasteiger partial charge in [0.25, 0.3) is 0 Å². The number of aromatic nitrogens is 6. The number of imidazole rings is 3. The van der Waals surface area contributed by atoms with E-state index in [0.29, 0.717) is 66.8 Å². The van der Waals surface area contributed by atoms with Crippen molar-refractivity contribution in [2.75, 3.05) is 0 Å². The number of nitrogens with zero attached hydrogens (tertiary/aromatic N) is 3. The van der Waals surface area contributed by atoms with Gasteiger partial charge in [0.05, 0.1) is 96.6 Å². The molecule has 3 aromatic heterocycles. The SMILES string of the molecule is CC(=N)c1ccc2nc(-c3cc(CC(=O)N[C@H](CC(=O)OCc4ccccc4)C(=O)OCc4ccccc4)cc(-c4cc(S(N)(=O)=O)ccc4O)c3O)[nH]c2c1.CC(=N)c1ccc2nc(-c3cc(CC(=O)O)cc(-c4cc(S(N)(=O)=O)ccc4O)c3O)[nH]c2c1.Cl.Cl.N=C(N)c1ccc2nc(-c3cc(CC(=O)N[C@H](CC(=O)O)C(=O)O)cc(-c4cc(S(N)(=O)=O)ccc4O)c3O)[nH]c2c1. The Balaban J connectivity index is 0.000000213. The van der Waals surface area contributed by atoms with Gasteiger partial charge in [0, 0.05) is 50.4 Å². The first-order valence-corrected chi connectivity index (χ1v) is 43.7. The van der Waals surface area contributed by atoms with Crippen molar-refractivity contribution >= 4 is 147 Å². The largest absolute Gasteiger partial charge is 0.507 e. The van der Waals surface area contributed by atoms with Crippen LogP contribution in [0.2, 0.25) is 0 Å². The number of halogens is 2. The van der Waals surface area contributed by atoms with Crippen molar-refractivity contribution in [1.82, 2.24) is 40.5 Å². The molecule has 11 aromatic carbocycles. The Hall–Kier alpha value is -16.0. The number of aliphatic carboxylic acids is 3. The summed E-state index contributed by atoms with van der Waals surface area (Å²) in [4.78, 5) is 108. The highest BCUT2D eigenvalue weighted by atomic mass is 35.5. The maximum Gasteiger partial charge on any atom is 0.329 e. The summed E-state index contributed by atoms with van der Waals surface area (Å²) in [6.45, 7) is 3.11. The van der Waals surface area contributed by atoms with E-state index in [9.17, 15) is 99.7 Å². The molecule has 25 N–H and O–H groups in total. The number of hydrogen-bond donors (Lipinski definition) is 21. The van der Waals surface area contributed by atoms with E-state index in [1.807, 2.05) is 6.07 Å². The number of aromatic hydroxyl groups is 6. The first-order chi connectivity index (χ1) is 62.3. The van der Waals surface area contributed by atoms with Crippen LogP contribution >= 0.6 is 24.8 Å². The van der Waals surface area contributed by atoms with Gasteiger partial charge in [-0.05, 0) is 186 Å². The monoisotopic (exact) mass is 1920 g/mol. The third-order valence-corrected chi connectivity index (χ3v) is 22.9. The van der Waals surface area contributed by atoms with Crippen molar-refractivity contribution in [1.29, 1.82) is 16.2 Å². The molecular weight excluding hydrogens is 1840 g/mol. The number of primary sulfonamides is 3. The average Bonchev–Trinajstić information content (AvgIpc) is 1.07. The third-order valence-electron chi connectivity index (χ3n) is 20.2. The molecule has 14 aromatic rings. The smallest absolute Gasteiger partial charge is 0.329 e. The maximum atomic E-state index is 13.7. The van der Waals surface area contributed by atoms with Gasteiger partial charge in [-0.15, -0.1) is 24.8 Å². The lowest BCUT2D eigenvalue weighted by Gasteiger charge is -2.18. The average molecular weight is 1930 g/mol. The van der Waals surface area contributed by atoms with Crippen LogP contribution in [0.15, 0.2) is 221 Å². The van der Waals surface area contributed by atoms with Crippen molar-refractivity contribution in [2.45, 2.75) is 85.9 Å². The fourth-order valence-electron chi connectivity index (χ4n) is 13.7. The molecule has 0 aliphatic heterocycles. The number of amidine groups is 1. The molecule has 14 rings (SSSR count). The van der Waals surface area contributed by atoms with Crippen molar-refractivity contribution in [2.24, 2.45) is 21.2 Å². The van der Waals surface area contributed by atoms with Gasteiger partial charge >= 0.3 is 29.8 Å². The Labute approximate surface area is 773 Å². The molecule has 0 radical (unpaired) electrons. The fraction of sp³-hybridized carbons (Fsp3) is 0.122. The van der Waals surface area contributed by atoms with E-state index in [-0.39, 0.29) is 154 Å². The Morgan fingerprint density at radius 3 is 1.04 bits per heavy atom. The Kier molecular flexibility index (Phi) is 31.3. The number of carbonyl (C=O) groups is 7. The molecule has 2 amide bonds. The highest BCUT2D eigenvalue weighted by molar-refractivity contribution is 7.89. The molecule has 3 heterocycles. The Bertz CT molecular complexity index is 7410. The van der Waals surface area contributed by atoms with Gasteiger partial charge in [-0.2, -0.15) is 0 Å². The summed E-state index contributed by atoms with van der Waals surface area (Å²) in [6, 6.07) is 47.7. The second-order valence-corrected chi connectivity index (χ2v) is 34.6.